The van der Waals surface area contributed by atoms with E-state index >= 15 is 0 Å². The molecule has 0 aliphatic heterocycles. The third-order valence-corrected chi connectivity index (χ3v) is 18.1. The van der Waals surface area contributed by atoms with E-state index in [0.717, 1.165) is 11.3 Å². The van der Waals surface area contributed by atoms with Gasteiger partial charge in [-0.2, -0.15) is 0 Å². The molecule has 0 atom stereocenters. The van der Waals surface area contributed by atoms with Gasteiger partial charge >= 0.3 is 0 Å². The molecule has 0 bridgehead atoms. The fraction of sp³-hybridized carbons (Fsp3) is 0.500. The van der Waals surface area contributed by atoms with Gasteiger partial charge in [0.15, 0.2) is 0 Å². The minimum Gasteiger partial charge on any atom is -0.377 e. The number of rotatable bonds is 8. The smallest absolute Gasteiger partial charge is 0.0440 e. The van der Waals surface area contributed by atoms with E-state index in [4.69, 9.17) is 0 Å². The SMILES string of the molecule is CN(C)c1ccccc1-c1ccccc1P(C(C)(C)C)C(C)(C)C.CN(C)c1ccccc1-c1ccccc1P(C1CCCCC1)C1CCCCC1. The van der Waals surface area contributed by atoms with Gasteiger partial charge in [0.25, 0.3) is 0 Å². The van der Waals surface area contributed by atoms with Gasteiger partial charge in [-0.25, -0.2) is 0 Å². The van der Waals surface area contributed by atoms with Crippen molar-refractivity contribution in [1.29, 1.82) is 0 Å². The third kappa shape index (κ3) is 9.90. The van der Waals surface area contributed by atoms with Gasteiger partial charge in [-0.3, -0.25) is 0 Å². The zero-order valence-electron chi connectivity index (χ0n) is 34.3. The summed E-state index contributed by atoms with van der Waals surface area (Å²) in [5.74, 6) is 0. The summed E-state index contributed by atoms with van der Waals surface area (Å²) in [7, 11) is 8.17. The number of hydrogen-bond acceptors (Lipinski definition) is 2. The standard InChI is InChI=1S/C26H36NP.C22H32NP/c1-27(2)25-19-11-9-17-23(25)24-18-10-12-20-26(24)28(21-13-5-3-6-14-21)22-15-7-4-8-16-22;1-21(2,3)24(22(4,5)6)20-16-12-10-14-18(20)17-13-9-11-15-19(17)23(7)8/h9-12,17-22H,3-8,13-16H2,1-2H3;9-16H,1-8H3. The lowest BCUT2D eigenvalue weighted by Crippen LogP contribution is -2.32. The second kappa shape index (κ2) is 18.1. The third-order valence-electron chi connectivity index (χ3n) is 11.0. The molecule has 2 fully saturated rings. The predicted octanol–water partition coefficient (Wildman–Crippen LogP) is 13.3. The van der Waals surface area contributed by atoms with E-state index in [1.54, 1.807) is 5.30 Å². The normalized spacial score (nSPS) is 16.1. The molecule has 0 amide bonds. The van der Waals surface area contributed by atoms with Crippen LogP contribution in [-0.4, -0.2) is 49.8 Å². The highest BCUT2D eigenvalue weighted by molar-refractivity contribution is 7.69. The molecule has 0 spiro atoms. The molecule has 0 N–H and O–H groups in total. The van der Waals surface area contributed by atoms with Crippen molar-refractivity contribution in [3.8, 4) is 22.3 Å². The Hall–Kier alpha value is -2.66. The first-order chi connectivity index (χ1) is 24.8. The molecular weight excluding hydrogens is 666 g/mol. The van der Waals surface area contributed by atoms with Gasteiger partial charge in [0.05, 0.1) is 0 Å². The Morgan fingerprint density at radius 2 is 0.750 bits per heavy atom. The summed E-state index contributed by atoms with van der Waals surface area (Å²) in [5.41, 5.74) is 10.2. The van der Waals surface area contributed by atoms with E-state index in [-0.39, 0.29) is 26.2 Å². The van der Waals surface area contributed by atoms with Crippen molar-refractivity contribution in [1.82, 2.24) is 0 Å². The van der Waals surface area contributed by atoms with Gasteiger partial charge in [0.1, 0.15) is 0 Å². The summed E-state index contributed by atoms with van der Waals surface area (Å²) < 4.78 is 0. The first-order valence-corrected chi connectivity index (χ1v) is 22.9. The second-order valence-electron chi connectivity index (χ2n) is 17.5. The molecule has 0 saturated heterocycles. The zero-order chi connectivity index (χ0) is 37.5. The minimum atomic E-state index is -0.332. The van der Waals surface area contributed by atoms with Crippen LogP contribution >= 0.6 is 15.8 Å². The Bertz CT molecular complexity index is 1670. The van der Waals surface area contributed by atoms with Crippen LogP contribution in [0.1, 0.15) is 106 Å². The highest BCUT2D eigenvalue weighted by atomic mass is 31.1. The number of para-hydroxylation sites is 2. The molecule has 2 saturated carbocycles. The quantitative estimate of drug-likeness (QED) is 0.166. The van der Waals surface area contributed by atoms with E-state index in [0.29, 0.717) is 0 Å². The summed E-state index contributed by atoms with van der Waals surface area (Å²) >= 11 is 0. The fourth-order valence-corrected chi connectivity index (χ4v) is 17.2. The van der Waals surface area contributed by atoms with Crippen molar-refractivity contribution in [2.45, 2.75) is 127 Å². The molecule has 0 radical (unpaired) electrons. The van der Waals surface area contributed by atoms with E-state index < -0.39 is 0 Å². The van der Waals surface area contributed by atoms with Crippen molar-refractivity contribution in [3.05, 3.63) is 97.1 Å². The summed E-state index contributed by atoms with van der Waals surface area (Å²) in [6, 6.07) is 36.2. The van der Waals surface area contributed by atoms with Crippen LogP contribution in [-0.2, 0) is 0 Å². The number of hydrogen-bond donors (Lipinski definition) is 0. The van der Waals surface area contributed by atoms with E-state index in [9.17, 15) is 0 Å². The maximum atomic E-state index is 2.50. The van der Waals surface area contributed by atoms with E-state index in [1.165, 1.54) is 103 Å². The minimum absolute atomic E-state index is 0.0867. The Morgan fingerprint density at radius 1 is 0.423 bits per heavy atom. The molecular formula is C48H68N2P2. The molecule has 280 valence electrons. The van der Waals surface area contributed by atoms with Crippen molar-refractivity contribution < 1.29 is 0 Å². The van der Waals surface area contributed by atoms with Gasteiger partial charge in [-0.05, 0) is 81.2 Å². The molecule has 0 heterocycles. The number of nitrogens with zero attached hydrogens (tertiary/aromatic N) is 2. The Morgan fingerprint density at radius 3 is 1.13 bits per heavy atom. The van der Waals surface area contributed by atoms with Gasteiger partial charge in [-0.1, -0.05) is 181 Å². The number of benzene rings is 4. The Balaban J connectivity index is 0.000000204. The molecule has 0 aromatic heterocycles. The van der Waals surface area contributed by atoms with Crippen LogP contribution in [0.5, 0.6) is 0 Å². The van der Waals surface area contributed by atoms with Crippen LogP contribution in [0.4, 0.5) is 11.4 Å². The highest BCUT2D eigenvalue weighted by Crippen LogP contribution is 2.60. The average Bonchev–Trinajstić information content (AvgIpc) is 3.12. The van der Waals surface area contributed by atoms with Crippen molar-refractivity contribution in [2.24, 2.45) is 0 Å². The molecule has 4 aromatic rings. The van der Waals surface area contributed by atoms with Gasteiger partial charge in [0, 0.05) is 50.7 Å². The lowest BCUT2D eigenvalue weighted by Gasteiger charge is -2.43. The lowest BCUT2D eigenvalue weighted by atomic mass is 9.99. The van der Waals surface area contributed by atoms with Gasteiger partial charge < -0.3 is 9.80 Å². The number of anilines is 2. The lowest BCUT2D eigenvalue weighted by molar-refractivity contribution is 0.487. The largest absolute Gasteiger partial charge is 0.377 e. The van der Waals surface area contributed by atoms with Crippen LogP contribution in [0, 0.1) is 0 Å². The molecule has 6 rings (SSSR count). The maximum Gasteiger partial charge on any atom is 0.0440 e. The summed E-state index contributed by atoms with van der Waals surface area (Å²) in [6.07, 6.45) is 14.6. The average molecular weight is 735 g/mol. The predicted molar refractivity (Wildman–Crippen MR) is 239 cm³/mol. The van der Waals surface area contributed by atoms with Crippen LogP contribution in [0.25, 0.3) is 22.3 Å². The monoisotopic (exact) mass is 734 g/mol. The maximum absolute atomic E-state index is 2.50. The fourth-order valence-electron chi connectivity index (χ4n) is 9.14. The van der Waals surface area contributed by atoms with E-state index in [1.807, 2.05) is 0 Å². The molecule has 2 aliphatic rings. The van der Waals surface area contributed by atoms with E-state index in [2.05, 4.69) is 177 Å². The van der Waals surface area contributed by atoms with Crippen molar-refractivity contribution >= 4 is 37.8 Å². The van der Waals surface area contributed by atoms with Gasteiger partial charge in [0.2, 0.25) is 0 Å². The van der Waals surface area contributed by atoms with Crippen molar-refractivity contribution in [2.75, 3.05) is 38.0 Å². The Kier molecular flexibility index (Phi) is 14.1. The first kappa shape index (κ1) is 40.5. The van der Waals surface area contributed by atoms with Crippen LogP contribution in [0.15, 0.2) is 97.1 Å². The molecule has 4 heteroatoms. The molecule has 4 aromatic carbocycles. The Labute approximate surface area is 321 Å². The first-order valence-electron chi connectivity index (χ1n) is 20.1. The highest BCUT2D eigenvalue weighted by Gasteiger charge is 2.37. The molecule has 0 unspecified atom stereocenters. The van der Waals surface area contributed by atoms with Crippen LogP contribution < -0.4 is 20.4 Å². The zero-order valence-corrected chi connectivity index (χ0v) is 36.0. The summed E-state index contributed by atoms with van der Waals surface area (Å²) in [5, 5.41) is 3.74. The second-order valence-corrected chi connectivity index (χ2v) is 24.1. The topological polar surface area (TPSA) is 6.48 Å². The molecule has 52 heavy (non-hydrogen) atoms. The van der Waals surface area contributed by atoms with Gasteiger partial charge in [-0.15, -0.1) is 0 Å². The molecule has 2 aliphatic carbocycles. The summed E-state index contributed by atoms with van der Waals surface area (Å²) in [4.78, 5) is 4.48. The van der Waals surface area contributed by atoms with Crippen LogP contribution in [0.2, 0.25) is 0 Å². The summed E-state index contributed by atoms with van der Waals surface area (Å²) in [6.45, 7) is 14.3. The molecule has 2 nitrogen and oxygen atoms in total. The van der Waals surface area contributed by atoms with Crippen LogP contribution in [0.3, 0.4) is 0 Å². The van der Waals surface area contributed by atoms with Crippen molar-refractivity contribution in [3.63, 3.8) is 0 Å².